The number of halogens is 1. The van der Waals surface area contributed by atoms with Crippen molar-refractivity contribution in [3.05, 3.63) is 64.1 Å². The molecule has 0 amide bonds. The second-order valence-electron chi connectivity index (χ2n) is 4.97. The molecule has 1 N–H and O–H groups in total. The van der Waals surface area contributed by atoms with Gasteiger partial charge in [0.05, 0.1) is 6.61 Å². The molecule has 20 heavy (non-hydrogen) atoms. The van der Waals surface area contributed by atoms with Crippen LogP contribution in [0.15, 0.2) is 53.0 Å². The minimum Gasteiger partial charge on any atom is -0.382 e. The Bertz CT molecular complexity index is 539. The lowest BCUT2D eigenvalue weighted by atomic mass is 10.1. The van der Waals surface area contributed by atoms with Gasteiger partial charge >= 0.3 is 0 Å². The average molecular weight is 334 g/mol. The number of para-hydroxylation sites is 1. The SMILES string of the molecule is COCc1ccccc1NC(C)Cc1ccc(Br)cc1. The van der Waals surface area contributed by atoms with Crippen LogP contribution in [-0.4, -0.2) is 13.2 Å². The van der Waals surface area contributed by atoms with Gasteiger partial charge in [0, 0.05) is 28.9 Å². The number of methoxy groups -OCH3 is 1. The van der Waals surface area contributed by atoms with Crippen LogP contribution in [0.1, 0.15) is 18.1 Å². The first-order valence-electron chi connectivity index (χ1n) is 6.77. The molecule has 0 bridgehead atoms. The lowest BCUT2D eigenvalue weighted by Gasteiger charge is -2.18. The molecule has 3 heteroatoms. The van der Waals surface area contributed by atoms with Crippen LogP contribution in [0.4, 0.5) is 5.69 Å². The molecule has 1 unspecified atom stereocenters. The Hall–Kier alpha value is -1.32. The van der Waals surface area contributed by atoms with Gasteiger partial charge in [0.2, 0.25) is 0 Å². The Labute approximate surface area is 129 Å². The van der Waals surface area contributed by atoms with Gasteiger partial charge in [-0.2, -0.15) is 0 Å². The van der Waals surface area contributed by atoms with E-state index in [9.17, 15) is 0 Å². The van der Waals surface area contributed by atoms with Crippen LogP contribution in [-0.2, 0) is 17.8 Å². The number of nitrogens with one attached hydrogen (secondary N) is 1. The zero-order valence-corrected chi connectivity index (χ0v) is 13.5. The van der Waals surface area contributed by atoms with Crippen LogP contribution in [0.3, 0.4) is 0 Å². The molecule has 0 aliphatic rings. The molecular weight excluding hydrogens is 314 g/mol. The van der Waals surface area contributed by atoms with Gasteiger partial charge in [-0.25, -0.2) is 0 Å². The molecule has 2 nitrogen and oxygen atoms in total. The quantitative estimate of drug-likeness (QED) is 0.831. The molecule has 106 valence electrons. The molecule has 0 saturated carbocycles. The third-order valence-corrected chi connectivity index (χ3v) is 3.70. The Morgan fingerprint density at radius 1 is 1.10 bits per heavy atom. The average Bonchev–Trinajstić information content (AvgIpc) is 2.44. The number of ether oxygens (including phenoxy) is 1. The summed E-state index contributed by atoms with van der Waals surface area (Å²) >= 11 is 3.46. The van der Waals surface area contributed by atoms with Crippen LogP contribution in [0, 0.1) is 0 Å². The van der Waals surface area contributed by atoms with Crippen molar-refractivity contribution in [3.63, 3.8) is 0 Å². The van der Waals surface area contributed by atoms with Crippen LogP contribution in [0.25, 0.3) is 0 Å². The maximum absolute atomic E-state index is 5.24. The minimum atomic E-state index is 0.370. The van der Waals surface area contributed by atoms with E-state index in [4.69, 9.17) is 4.74 Å². The zero-order valence-electron chi connectivity index (χ0n) is 11.9. The summed E-state index contributed by atoms with van der Waals surface area (Å²) in [5.41, 5.74) is 3.68. The number of benzene rings is 2. The summed E-state index contributed by atoms with van der Waals surface area (Å²) in [4.78, 5) is 0. The van der Waals surface area contributed by atoms with Gasteiger partial charge in [-0.05, 0) is 37.1 Å². The summed E-state index contributed by atoms with van der Waals surface area (Å²) in [6.45, 7) is 2.83. The van der Waals surface area contributed by atoms with Crippen molar-refractivity contribution >= 4 is 21.6 Å². The van der Waals surface area contributed by atoms with Crippen molar-refractivity contribution in [2.75, 3.05) is 12.4 Å². The normalized spacial score (nSPS) is 12.2. The van der Waals surface area contributed by atoms with Crippen LogP contribution < -0.4 is 5.32 Å². The standard InChI is InChI=1S/C17H20BrNO/c1-13(11-14-7-9-16(18)10-8-14)19-17-6-4-3-5-15(17)12-20-2/h3-10,13,19H,11-12H2,1-2H3. The predicted octanol–water partition coefficient (Wildman–Crippen LogP) is 4.64. The van der Waals surface area contributed by atoms with Crippen molar-refractivity contribution in [3.8, 4) is 0 Å². The lowest BCUT2D eigenvalue weighted by molar-refractivity contribution is 0.185. The summed E-state index contributed by atoms with van der Waals surface area (Å²) in [6.07, 6.45) is 0.995. The van der Waals surface area contributed by atoms with Gasteiger partial charge in [0.15, 0.2) is 0 Å². The van der Waals surface area contributed by atoms with Crippen LogP contribution >= 0.6 is 15.9 Å². The van der Waals surface area contributed by atoms with Gasteiger partial charge in [0.25, 0.3) is 0 Å². The Morgan fingerprint density at radius 2 is 1.80 bits per heavy atom. The lowest BCUT2D eigenvalue weighted by Crippen LogP contribution is -2.19. The fourth-order valence-corrected chi connectivity index (χ4v) is 2.50. The molecule has 0 aromatic heterocycles. The molecule has 0 saturated heterocycles. The van der Waals surface area contributed by atoms with E-state index < -0.39 is 0 Å². The maximum atomic E-state index is 5.24. The first-order chi connectivity index (χ1) is 9.69. The molecule has 0 spiro atoms. The highest BCUT2D eigenvalue weighted by molar-refractivity contribution is 9.10. The summed E-state index contributed by atoms with van der Waals surface area (Å²) in [6, 6.07) is 17.1. The summed E-state index contributed by atoms with van der Waals surface area (Å²) in [5, 5.41) is 3.57. The van der Waals surface area contributed by atoms with Crippen LogP contribution in [0.2, 0.25) is 0 Å². The number of hydrogen-bond donors (Lipinski definition) is 1. The number of anilines is 1. The summed E-state index contributed by atoms with van der Waals surface area (Å²) in [7, 11) is 1.72. The molecule has 0 aliphatic heterocycles. The highest BCUT2D eigenvalue weighted by Gasteiger charge is 2.07. The smallest absolute Gasteiger partial charge is 0.0733 e. The van der Waals surface area contributed by atoms with E-state index in [-0.39, 0.29) is 0 Å². The highest BCUT2D eigenvalue weighted by atomic mass is 79.9. The van der Waals surface area contributed by atoms with E-state index in [1.807, 2.05) is 12.1 Å². The van der Waals surface area contributed by atoms with Gasteiger partial charge < -0.3 is 10.1 Å². The third-order valence-electron chi connectivity index (χ3n) is 3.17. The van der Waals surface area contributed by atoms with E-state index >= 15 is 0 Å². The molecule has 2 rings (SSSR count). The van der Waals surface area contributed by atoms with Crippen molar-refractivity contribution in [2.24, 2.45) is 0 Å². The van der Waals surface area contributed by atoms with Crippen molar-refractivity contribution in [2.45, 2.75) is 26.0 Å². The maximum Gasteiger partial charge on any atom is 0.0733 e. The van der Waals surface area contributed by atoms with E-state index in [0.717, 1.165) is 16.6 Å². The Morgan fingerprint density at radius 3 is 2.50 bits per heavy atom. The third kappa shape index (κ3) is 4.36. The van der Waals surface area contributed by atoms with E-state index in [1.165, 1.54) is 11.1 Å². The van der Waals surface area contributed by atoms with E-state index in [0.29, 0.717) is 12.6 Å². The molecule has 0 fully saturated rings. The van der Waals surface area contributed by atoms with Crippen molar-refractivity contribution in [1.82, 2.24) is 0 Å². The summed E-state index contributed by atoms with van der Waals surface area (Å²) < 4.78 is 6.35. The van der Waals surface area contributed by atoms with Crippen molar-refractivity contribution in [1.29, 1.82) is 0 Å². The second kappa shape index (κ2) is 7.46. The first kappa shape index (κ1) is 15.1. The molecule has 0 aliphatic carbocycles. The first-order valence-corrected chi connectivity index (χ1v) is 7.56. The molecule has 2 aromatic rings. The number of hydrogen-bond acceptors (Lipinski definition) is 2. The molecule has 1 atom stereocenters. The molecule has 0 heterocycles. The van der Waals surface area contributed by atoms with Crippen LogP contribution in [0.5, 0.6) is 0 Å². The molecular formula is C17H20BrNO. The molecule has 0 radical (unpaired) electrons. The Balaban J connectivity index is 2.00. The van der Waals surface area contributed by atoms with Gasteiger partial charge in [-0.3, -0.25) is 0 Å². The fraction of sp³-hybridized carbons (Fsp3) is 0.294. The fourth-order valence-electron chi connectivity index (χ4n) is 2.23. The van der Waals surface area contributed by atoms with Gasteiger partial charge in [-0.1, -0.05) is 46.3 Å². The van der Waals surface area contributed by atoms with Gasteiger partial charge in [-0.15, -0.1) is 0 Å². The number of rotatable bonds is 6. The predicted molar refractivity (Wildman–Crippen MR) is 88.1 cm³/mol. The largest absolute Gasteiger partial charge is 0.382 e. The molecule has 2 aromatic carbocycles. The monoisotopic (exact) mass is 333 g/mol. The van der Waals surface area contributed by atoms with E-state index in [1.54, 1.807) is 7.11 Å². The van der Waals surface area contributed by atoms with Gasteiger partial charge in [0.1, 0.15) is 0 Å². The Kier molecular flexibility index (Phi) is 5.62. The minimum absolute atomic E-state index is 0.370. The topological polar surface area (TPSA) is 21.3 Å². The van der Waals surface area contributed by atoms with Crippen molar-refractivity contribution < 1.29 is 4.74 Å². The second-order valence-corrected chi connectivity index (χ2v) is 5.88. The van der Waals surface area contributed by atoms with E-state index in [2.05, 4.69) is 64.6 Å². The zero-order chi connectivity index (χ0) is 14.4. The highest BCUT2D eigenvalue weighted by Crippen LogP contribution is 2.18. The summed E-state index contributed by atoms with van der Waals surface area (Å²) in [5.74, 6) is 0.